The molecule has 0 saturated heterocycles. The van der Waals surface area contributed by atoms with Crippen LogP contribution in [0.4, 0.5) is 0 Å². The second-order valence-electron chi connectivity index (χ2n) is 4.27. The largest absolute Gasteiger partial charge is 0.330 e. The van der Waals surface area contributed by atoms with Crippen LogP contribution in [0, 0.1) is 6.92 Å². The molecule has 1 N–H and O–H groups in total. The van der Waals surface area contributed by atoms with Gasteiger partial charge in [-0.05, 0) is 38.1 Å². The fraction of sp³-hybridized carbons (Fsp3) is 0.462. The minimum absolute atomic E-state index is 0.331. The standard InChI is InChI=1S/C13H19N3/c1-5-10(14-3)13-15-11-8-9(2)6-7-12(11)16(13)4/h6-8,10,14H,5H2,1-4H3. The zero-order valence-electron chi connectivity index (χ0n) is 10.4. The van der Waals surface area contributed by atoms with Crippen LogP contribution < -0.4 is 5.32 Å². The molecule has 0 spiro atoms. The molecule has 0 saturated carbocycles. The van der Waals surface area contributed by atoms with Gasteiger partial charge in [-0.25, -0.2) is 4.98 Å². The molecule has 3 heteroatoms. The molecule has 86 valence electrons. The zero-order valence-corrected chi connectivity index (χ0v) is 10.4. The first-order valence-electron chi connectivity index (χ1n) is 5.77. The normalized spacial score (nSPS) is 13.2. The number of fused-ring (bicyclic) bond motifs is 1. The molecule has 2 aromatic rings. The SMILES string of the molecule is CCC(NC)c1nc2cc(C)ccc2n1C. The molecule has 1 aromatic heterocycles. The summed E-state index contributed by atoms with van der Waals surface area (Å²) in [4.78, 5) is 4.72. The van der Waals surface area contributed by atoms with Gasteiger partial charge >= 0.3 is 0 Å². The molecular weight excluding hydrogens is 198 g/mol. The lowest BCUT2D eigenvalue weighted by molar-refractivity contribution is 0.529. The van der Waals surface area contributed by atoms with E-state index in [2.05, 4.69) is 49.0 Å². The third-order valence-corrected chi connectivity index (χ3v) is 3.14. The maximum absolute atomic E-state index is 4.72. The Morgan fingerprint density at radius 2 is 2.19 bits per heavy atom. The van der Waals surface area contributed by atoms with Crippen LogP contribution in [0.25, 0.3) is 11.0 Å². The van der Waals surface area contributed by atoms with Crippen LogP contribution in [0.3, 0.4) is 0 Å². The first kappa shape index (κ1) is 11.1. The summed E-state index contributed by atoms with van der Waals surface area (Å²) in [6, 6.07) is 6.75. The van der Waals surface area contributed by atoms with E-state index in [1.54, 1.807) is 0 Å². The Balaban J connectivity index is 2.59. The van der Waals surface area contributed by atoms with Gasteiger partial charge in [-0.1, -0.05) is 13.0 Å². The Bertz CT molecular complexity index is 495. The number of nitrogens with one attached hydrogen (secondary N) is 1. The Morgan fingerprint density at radius 1 is 1.44 bits per heavy atom. The van der Waals surface area contributed by atoms with E-state index in [1.165, 1.54) is 11.1 Å². The van der Waals surface area contributed by atoms with Gasteiger partial charge in [-0.2, -0.15) is 0 Å². The smallest absolute Gasteiger partial charge is 0.126 e. The van der Waals surface area contributed by atoms with E-state index in [1.807, 2.05) is 7.05 Å². The van der Waals surface area contributed by atoms with Crippen molar-refractivity contribution in [1.29, 1.82) is 0 Å². The highest BCUT2D eigenvalue weighted by atomic mass is 15.1. The first-order chi connectivity index (χ1) is 7.67. The minimum Gasteiger partial charge on any atom is -0.330 e. The number of imidazole rings is 1. The Morgan fingerprint density at radius 3 is 2.81 bits per heavy atom. The first-order valence-corrected chi connectivity index (χ1v) is 5.77. The van der Waals surface area contributed by atoms with Crippen molar-refractivity contribution >= 4 is 11.0 Å². The van der Waals surface area contributed by atoms with Crippen molar-refractivity contribution in [1.82, 2.24) is 14.9 Å². The highest BCUT2D eigenvalue weighted by Crippen LogP contribution is 2.21. The molecule has 0 aliphatic rings. The molecular formula is C13H19N3. The maximum Gasteiger partial charge on any atom is 0.126 e. The van der Waals surface area contributed by atoms with Crippen molar-refractivity contribution in [2.75, 3.05) is 7.05 Å². The summed E-state index contributed by atoms with van der Waals surface area (Å²) in [7, 11) is 4.07. The highest BCUT2D eigenvalue weighted by molar-refractivity contribution is 5.76. The second kappa shape index (κ2) is 4.26. The molecule has 16 heavy (non-hydrogen) atoms. The van der Waals surface area contributed by atoms with E-state index < -0.39 is 0 Å². The van der Waals surface area contributed by atoms with Gasteiger partial charge in [0.2, 0.25) is 0 Å². The molecule has 1 unspecified atom stereocenters. The molecule has 0 radical (unpaired) electrons. The lowest BCUT2D eigenvalue weighted by atomic mass is 10.2. The molecule has 0 aliphatic carbocycles. The third kappa shape index (κ3) is 1.71. The minimum atomic E-state index is 0.331. The van der Waals surface area contributed by atoms with Gasteiger partial charge < -0.3 is 9.88 Å². The van der Waals surface area contributed by atoms with Gasteiger partial charge in [0, 0.05) is 7.05 Å². The van der Waals surface area contributed by atoms with E-state index in [9.17, 15) is 0 Å². The van der Waals surface area contributed by atoms with Crippen molar-refractivity contribution in [3.05, 3.63) is 29.6 Å². The van der Waals surface area contributed by atoms with E-state index >= 15 is 0 Å². The molecule has 2 rings (SSSR count). The number of nitrogens with zero attached hydrogens (tertiary/aromatic N) is 2. The van der Waals surface area contributed by atoms with Crippen LogP contribution in [0.1, 0.15) is 30.8 Å². The quantitative estimate of drug-likeness (QED) is 0.856. The van der Waals surface area contributed by atoms with E-state index in [0.717, 1.165) is 17.8 Å². The van der Waals surface area contributed by atoms with Gasteiger partial charge in [0.05, 0.1) is 17.1 Å². The molecule has 1 atom stereocenters. The zero-order chi connectivity index (χ0) is 11.7. The number of rotatable bonds is 3. The Labute approximate surface area is 96.5 Å². The second-order valence-corrected chi connectivity index (χ2v) is 4.27. The van der Waals surface area contributed by atoms with Crippen LogP contribution in [0.2, 0.25) is 0 Å². The van der Waals surface area contributed by atoms with Gasteiger partial charge in [0.25, 0.3) is 0 Å². The molecule has 1 heterocycles. The predicted molar refractivity (Wildman–Crippen MR) is 67.5 cm³/mol. The van der Waals surface area contributed by atoms with Gasteiger partial charge in [0.1, 0.15) is 5.82 Å². The van der Waals surface area contributed by atoms with Crippen LogP contribution in [0.5, 0.6) is 0 Å². The molecule has 3 nitrogen and oxygen atoms in total. The maximum atomic E-state index is 4.72. The van der Waals surface area contributed by atoms with E-state index in [4.69, 9.17) is 4.98 Å². The molecule has 0 bridgehead atoms. The van der Waals surface area contributed by atoms with Gasteiger partial charge in [-0.15, -0.1) is 0 Å². The fourth-order valence-electron chi connectivity index (χ4n) is 2.16. The topological polar surface area (TPSA) is 29.9 Å². The van der Waals surface area contributed by atoms with E-state index in [-0.39, 0.29) is 0 Å². The van der Waals surface area contributed by atoms with Crippen LogP contribution >= 0.6 is 0 Å². The van der Waals surface area contributed by atoms with Crippen LogP contribution in [-0.2, 0) is 7.05 Å². The molecule has 0 amide bonds. The van der Waals surface area contributed by atoms with Crippen molar-refractivity contribution in [2.24, 2.45) is 7.05 Å². The van der Waals surface area contributed by atoms with Crippen molar-refractivity contribution in [3.63, 3.8) is 0 Å². The van der Waals surface area contributed by atoms with Crippen LogP contribution in [0.15, 0.2) is 18.2 Å². The third-order valence-electron chi connectivity index (χ3n) is 3.14. The van der Waals surface area contributed by atoms with Gasteiger partial charge in [-0.3, -0.25) is 0 Å². The summed E-state index contributed by atoms with van der Waals surface area (Å²) in [5.74, 6) is 1.12. The summed E-state index contributed by atoms with van der Waals surface area (Å²) in [6.45, 7) is 4.27. The number of aryl methyl sites for hydroxylation is 2. The van der Waals surface area contributed by atoms with E-state index in [0.29, 0.717) is 6.04 Å². The summed E-state index contributed by atoms with van der Waals surface area (Å²) < 4.78 is 2.18. The van der Waals surface area contributed by atoms with Crippen LogP contribution in [-0.4, -0.2) is 16.6 Å². The fourth-order valence-corrected chi connectivity index (χ4v) is 2.16. The highest BCUT2D eigenvalue weighted by Gasteiger charge is 2.14. The Hall–Kier alpha value is -1.35. The summed E-state index contributed by atoms with van der Waals surface area (Å²) in [5, 5.41) is 3.30. The monoisotopic (exact) mass is 217 g/mol. The molecule has 0 fully saturated rings. The van der Waals surface area contributed by atoms with Crippen molar-refractivity contribution in [3.8, 4) is 0 Å². The van der Waals surface area contributed by atoms with Gasteiger partial charge in [0.15, 0.2) is 0 Å². The summed E-state index contributed by atoms with van der Waals surface area (Å²) in [6.07, 6.45) is 1.05. The average Bonchev–Trinajstić information content (AvgIpc) is 2.58. The average molecular weight is 217 g/mol. The predicted octanol–water partition coefficient (Wildman–Crippen LogP) is 2.55. The van der Waals surface area contributed by atoms with Crippen molar-refractivity contribution in [2.45, 2.75) is 26.3 Å². The summed E-state index contributed by atoms with van der Waals surface area (Å²) in [5.41, 5.74) is 3.55. The number of hydrogen-bond donors (Lipinski definition) is 1. The van der Waals surface area contributed by atoms with Crippen molar-refractivity contribution < 1.29 is 0 Å². The number of hydrogen-bond acceptors (Lipinski definition) is 2. The number of aromatic nitrogens is 2. The molecule has 0 aliphatic heterocycles. The molecule has 1 aromatic carbocycles. The summed E-state index contributed by atoms with van der Waals surface area (Å²) >= 11 is 0. The lowest BCUT2D eigenvalue weighted by Gasteiger charge is -2.13. The lowest BCUT2D eigenvalue weighted by Crippen LogP contribution is -2.19. The number of benzene rings is 1. The Kier molecular flexibility index (Phi) is 2.97.